The van der Waals surface area contributed by atoms with Crippen molar-refractivity contribution in [1.82, 2.24) is 19.9 Å². The molecule has 3 aromatic rings. The number of aryl methyl sites for hydroxylation is 3. The van der Waals surface area contributed by atoms with Crippen LogP contribution < -0.4 is 0 Å². The first-order chi connectivity index (χ1) is 16.1. The standard InChI is InChI=1S/C26H27F3N4O/c1-14-8-18(4-6-30-14)21-9-17(5-7-34-21)19-10-20-22(32-16(3)15(2)31-20)23(33-19)24-11-25(12-24,13-24)26(27,28)29/h4,6,8,10,17,21H,5,7,9,11-13H2,1-3H3/t17?,21?,24-,25-. The van der Waals surface area contributed by atoms with Crippen molar-refractivity contribution in [2.45, 2.75) is 76.5 Å². The van der Waals surface area contributed by atoms with Gasteiger partial charge in [0.2, 0.25) is 0 Å². The number of aromatic nitrogens is 4. The van der Waals surface area contributed by atoms with Gasteiger partial charge < -0.3 is 4.74 Å². The molecule has 0 N–H and O–H groups in total. The van der Waals surface area contributed by atoms with Crippen molar-refractivity contribution < 1.29 is 17.9 Å². The molecule has 2 atom stereocenters. The average molecular weight is 469 g/mol. The van der Waals surface area contributed by atoms with Gasteiger partial charge in [0.25, 0.3) is 0 Å². The fourth-order valence-corrected chi connectivity index (χ4v) is 6.23. The lowest BCUT2D eigenvalue weighted by Gasteiger charge is -2.70. The van der Waals surface area contributed by atoms with Crippen LogP contribution in [-0.4, -0.2) is 32.7 Å². The first-order valence-electron chi connectivity index (χ1n) is 11.9. The molecule has 3 aromatic heterocycles. The minimum atomic E-state index is -4.16. The largest absolute Gasteiger partial charge is 0.394 e. The van der Waals surface area contributed by atoms with Gasteiger partial charge in [-0.15, -0.1) is 0 Å². The zero-order valence-electron chi connectivity index (χ0n) is 19.5. The fraction of sp³-hybridized carbons (Fsp3) is 0.538. The summed E-state index contributed by atoms with van der Waals surface area (Å²) in [6, 6.07) is 6.02. The smallest absolute Gasteiger partial charge is 0.373 e. The molecule has 0 spiro atoms. The van der Waals surface area contributed by atoms with Gasteiger partial charge in [0.15, 0.2) is 0 Å². The number of pyridine rings is 2. The number of halogens is 3. The van der Waals surface area contributed by atoms with Crippen LogP contribution in [0.3, 0.4) is 0 Å². The number of ether oxygens (including phenoxy) is 1. The molecule has 2 bridgehead atoms. The number of hydrogen-bond donors (Lipinski definition) is 0. The van der Waals surface area contributed by atoms with Gasteiger partial charge in [-0.25, -0.2) is 9.97 Å². The molecule has 178 valence electrons. The van der Waals surface area contributed by atoms with E-state index in [2.05, 4.69) is 4.98 Å². The molecule has 8 heteroatoms. The van der Waals surface area contributed by atoms with Crippen molar-refractivity contribution in [3.8, 4) is 0 Å². The number of hydrogen-bond acceptors (Lipinski definition) is 5. The van der Waals surface area contributed by atoms with Crippen LogP contribution in [-0.2, 0) is 10.2 Å². The summed E-state index contributed by atoms with van der Waals surface area (Å²) in [6.45, 7) is 6.37. The molecule has 4 heterocycles. The van der Waals surface area contributed by atoms with Gasteiger partial charge in [-0.2, -0.15) is 13.2 Å². The van der Waals surface area contributed by atoms with E-state index in [1.807, 2.05) is 39.0 Å². The van der Waals surface area contributed by atoms with Gasteiger partial charge >= 0.3 is 6.18 Å². The van der Waals surface area contributed by atoms with Crippen molar-refractivity contribution in [2.75, 3.05) is 6.61 Å². The zero-order valence-corrected chi connectivity index (χ0v) is 19.5. The predicted molar refractivity (Wildman–Crippen MR) is 120 cm³/mol. The van der Waals surface area contributed by atoms with Crippen LogP contribution in [0.15, 0.2) is 24.4 Å². The Labute approximate surface area is 196 Å². The third-order valence-corrected chi connectivity index (χ3v) is 8.21. The topological polar surface area (TPSA) is 60.8 Å². The van der Waals surface area contributed by atoms with Crippen LogP contribution in [0.1, 0.15) is 78.2 Å². The van der Waals surface area contributed by atoms with E-state index in [0.29, 0.717) is 17.8 Å². The van der Waals surface area contributed by atoms with Crippen molar-refractivity contribution in [3.63, 3.8) is 0 Å². The maximum Gasteiger partial charge on any atom is 0.394 e. The normalized spacial score (nSPS) is 30.6. The van der Waals surface area contributed by atoms with Crippen molar-refractivity contribution in [1.29, 1.82) is 0 Å². The molecule has 2 unspecified atom stereocenters. The average Bonchev–Trinajstić information content (AvgIpc) is 2.72. The Morgan fingerprint density at radius 1 is 1.00 bits per heavy atom. The maximum atomic E-state index is 13.6. The maximum absolute atomic E-state index is 13.6. The van der Waals surface area contributed by atoms with E-state index in [9.17, 15) is 13.2 Å². The second-order valence-electron chi connectivity index (χ2n) is 10.6. The van der Waals surface area contributed by atoms with E-state index < -0.39 is 17.0 Å². The molecule has 4 fully saturated rings. The lowest BCUT2D eigenvalue weighted by Crippen LogP contribution is -2.70. The molecule has 0 radical (unpaired) electrons. The summed E-state index contributed by atoms with van der Waals surface area (Å²) >= 11 is 0. The van der Waals surface area contributed by atoms with Crippen molar-refractivity contribution in [2.24, 2.45) is 5.41 Å². The molecule has 4 aliphatic rings. The Bertz CT molecular complexity index is 1290. The second-order valence-corrected chi connectivity index (χ2v) is 10.6. The molecule has 7 rings (SSSR count). The van der Waals surface area contributed by atoms with Gasteiger partial charge in [-0.3, -0.25) is 9.97 Å². The summed E-state index contributed by atoms with van der Waals surface area (Å²) in [7, 11) is 0. The van der Waals surface area contributed by atoms with Crippen LogP contribution in [0.2, 0.25) is 0 Å². The van der Waals surface area contributed by atoms with Gasteiger partial charge in [0, 0.05) is 35.5 Å². The summed E-state index contributed by atoms with van der Waals surface area (Å²) in [6.07, 6.45) is -0.518. The fourth-order valence-electron chi connectivity index (χ4n) is 6.23. The van der Waals surface area contributed by atoms with E-state index >= 15 is 0 Å². The Morgan fingerprint density at radius 3 is 2.44 bits per heavy atom. The molecule has 3 aliphatic carbocycles. The minimum absolute atomic E-state index is 0.0596. The summed E-state index contributed by atoms with van der Waals surface area (Å²) in [4.78, 5) is 18.9. The molecule has 34 heavy (non-hydrogen) atoms. The van der Waals surface area contributed by atoms with E-state index in [-0.39, 0.29) is 31.3 Å². The third kappa shape index (κ3) is 3.17. The number of fused-ring (bicyclic) bond motifs is 1. The highest BCUT2D eigenvalue weighted by molar-refractivity contribution is 5.79. The van der Waals surface area contributed by atoms with Gasteiger partial charge in [-0.1, -0.05) is 0 Å². The summed E-state index contributed by atoms with van der Waals surface area (Å²) in [5.41, 5.74) is 4.59. The third-order valence-electron chi connectivity index (χ3n) is 8.21. The predicted octanol–water partition coefficient (Wildman–Crippen LogP) is 5.96. The van der Waals surface area contributed by atoms with Crippen molar-refractivity contribution in [3.05, 3.63) is 58.4 Å². The van der Waals surface area contributed by atoms with E-state index in [0.717, 1.165) is 46.7 Å². The first kappa shape index (κ1) is 21.9. The highest BCUT2D eigenvalue weighted by Crippen LogP contribution is 2.78. The summed E-state index contributed by atoms with van der Waals surface area (Å²) in [5.74, 6) is 0.141. The molecular formula is C26H27F3N4O. The van der Waals surface area contributed by atoms with Crippen LogP contribution in [0, 0.1) is 26.2 Å². The van der Waals surface area contributed by atoms with Gasteiger partial charge in [-0.05, 0) is 76.6 Å². The molecule has 1 aliphatic heterocycles. The van der Waals surface area contributed by atoms with Crippen LogP contribution in [0.4, 0.5) is 13.2 Å². The van der Waals surface area contributed by atoms with Crippen LogP contribution in [0.5, 0.6) is 0 Å². The molecule has 1 saturated heterocycles. The van der Waals surface area contributed by atoms with Crippen LogP contribution in [0.25, 0.3) is 11.0 Å². The minimum Gasteiger partial charge on any atom is -0.373 e. The number of alkyl halides is 3. The summed E-state index contributed by atoms with van der Waals surface area (Å²) in [5, 5.41) is 0. The van der Waals surface area contributed by atoms with Crippen LogP contribution >= 0.6 is 0 Å². The Hall–Kier alpha value is -2.61. The molecule has 5 nitrogen and oxygen atoms in total. The Balaban J connectivity index is 1.39. The molecular weight excluding hydrogens is 441 g/mol. The monoisotopic (exact) mass is 468 g/mol. The Kier molecular flexibility index (Phi) is 4.63. The van der Waals surface area contributed by atoms with Gasteiger partial charge in [0.05, 0.1) is 34.1 Å². The number of rotatable bonds is 3. The molecule has 0 amide bonds. The quantitative estimate of drug-likeness (QED) is 0.474. The molecule has 0 aromatic carbocycles. The highest BCUT2D eigenvalue weighted by atomic mass is 19.4. The lowest BCUT2D eigenvalue weighted by atomic mass is 9.34. The second kappa shape index (κ2) is 7.20. The van der Waals surface area contributed by atoms with Crippen molar-refractivity contribution >= 4 is 11.0 Å². The Morgan fingerprint density at radius 2 is 1.74 bits per heavy atom. The lowest BCUT2D eigenvalue weighted by molar-refractivity contribution is -0.337. The summed E-state index contributed by atoms with van der Waals surface area (Å²) < 4.78 is 46.8. The zero-order chi connectivity index (χ0) is 23.9. The number of nitrogens with zero attached hydrogens (tertiary/aromatic N) is 4. The SMILES string of the molecule is Cc1cc(C2CC(c3cc4nc(C)c(C)nc4c([C@]45C[C@@](C(F)(F)F)(C4)C5)n3)CCO2)ccn1. The highest BCUT2D eigenvalue weighted by Gasteiger charge is 2.79. The molecule has 3 saturated carbocycles. The van der Waals surface area contributed by atoms with E-state index in [4.69, 9.17) is 19.7 Å². The van der Waals surface area contributed by atoms with E-state index in [1.165, 1.54) is 0 Å². The van der Waals surface area contributed by atoms with E-state index in [1.54, 1.807) is 6.20 Å². The first-order valence-corrected chi connectivity index (χ1v) is 11.9. The van der Waals surface area contributed by atoms with Gasteiger partial charge in [0.1, 0.15) is 5.52 Å².